The van der Waals surface area contributed by atoms with E-state index < -0.39 is 6.10 Å². The van der Waals surface area contributed by atoms with Crippen LogP contribution in [-0.2, 0) is 4.79 Å². The first-order chi connectivity index (χ1) is 11.6. The zero-order valence-electron chi connectivity index (χ0n) is 13.9. The molecule has 0 aromatic heterocycles. The summed E-state index contributed by atoms with van der Waals surface area (Å²) >= 11 is 0. The molecule has 4 nitrogen and oxygen atoms in total. The zero-order chi connectivity index (χ0) is 17.4. The van der Waals surface area contributed by atoms with Crippen LogP contribution < -0.4 is 5.32 Å². The number of aliphatic hydroxyl groups excluding tert-OH is 1. The third-order valence-corrected chi connectivity index (χ3v) is 3.88. The summed E-state index contributed by atoms with van der Waals surface area (Å²) in [6.45, 7) is 2.35. The first kappa shape index (κ1) is 17.9. The molecule has 1 atom stereocenters. The van der Waals surface area contributed by atoms with Crippen molar-refractivity contribution < 1.29 is 14.7 Å². The Kier molecular flexibility index (Phi) is 6.70. The van der Waals surface area contributed by atoms with Gasteiger partial charge in [0.2, 0.25) is 5.91 Å². The van der Waals surface area contributed by atoms with Crippen LogP contribution in [0.3, 0.4) is 0 Å². The number of hydrogen-bond acceptors (Lipinski definition) is 3. The Hall–Kier alpha value is -2.46. The second kappa shape index (κ2) is 8.99. The second-order valence-corrected chi connectivity index (χ2v) is 5.85. The fourth-order valence-corrected chi connectivity index (χ4v) is 2.39. The number of nitrogens with one attached hydrogen (secondary N) is 1. The third-order valence-electron chi connectivity index (χ3n) is 3.88. The molecule has 1 amide bonds. The third kappa shape index (κ3) is 5.63. The summed E-state index contributed by atoms with van der Waals surface area (Å²) in [6.07, 6.45) is 0.201. The van der Waals surface area contributed by atoms with Gasteiger partial charge >= 0.3 is 0 Å². The molecule has 126 valence electrons. The van der Waals surface area contributed by atoms with E-state index in [0.29, 0.717) is 18.5 Å². The Bertz CT molecular complexity index is 665. The molecule has 2 aromatic carbocycles. The van der Waals surface area contributed by atoms with E-state index in [1.54, 1.807) is 12.1 Å². The molecular weight excluding hydrogens is 302 g/mol. The highest BCUT2D eigenvalue weighted by atomic mass is 16.3. The van der Waals surface area contributed by atoms with Crippen LogP contribution in [0.25, 0.3) is 0 Å². The summed E-state index contributed by atoms with van der Waals surface area (Å²) in [5.41, 5.74) is 2.57. The largest absolute Gasteiger partial charge is 0.388 e. The van der Waals surface area contributed by atoms with Gasteiger partial charge in [-0.3, -0.25) is 9.59 Å². The highest BCUT2D eigenvalue weighted by molar-refractivity contribution is 5.97. The molecule has 0 aliphatic heterocycles. The number of benzene rings is 2. The van der Waals surface area contributed by atoms with Gasteiger partial charge in [-0.05, 0) is 18.9 Å². The average molecular weight is 325 g/mol. The van der Waals surface area contributed by atoms with E-state index in [9.17, 15) is 14.7 Å². The van der Waals surface area contributed by atoms with Gasteiger partial charge in [0.15, 0.2) is 5.78 Å². The lowest BCUT2D eigenvalue weighted by Crippen LogP contribution is -2.26. The number of carbonyl (C=O) groups is 2. The SMILES string of the molecule is Cc1ccc(C(=O)CCC(=O)NCCC(O)c2ccccc2)cc1. The van der Waals surface area contributed by atoms with E-state index in [1.165, 1.54) is 0 Å². The minimum absolute atomic E-state index is 0.0329. The Labute approximate surface area is 142 Å². The van der Waals surface area contributed by atoms with Gasteiger partial charge in [0.25, 0.3) is 0 Å². The van der Waals surface area contributed by atoms with Crippen LogP contribution >= 0.6 is 0 Å². The summed E-state index contributed by atoms with van der Waals surface area (Å²) in [5.74, 6) is -0.204. The van der Waals surface area contributed by atoms with E-state index in [-0.39, 0.29) is 24.5 Å². The van der Waals surface area contributed by atoms with Crippen molar-refractivity contribution in [3.05, 3.63) is 71.3 Å². The van der Waals surface area contributed by atoms with Gasteiger partial charge in [0.1, 0.15) is 0 Å². The monoisotopic (exact) mass is 325 g/mol. The van der Waals surface area contributed by atoms with Crippen molar-refractivity contribution in [2.75, 3.05) is 6.54 Å². The molecule has 4 heteroatoms. The van der Waals surface area contributed by atoms with Gasteiger partial charge in [-0.2, -0.15) is 0 Å². The van der Waals surface area contributed by atoms with Gasteiger partial charge in [0.05, 0.1) is 6.10 Å². The standard InChI is InChI=1S/C20H23NO3/c1-15-7-9-17(10-8-15)18(22)11-12-20(24)21-14-13-19(23)16-5-3-2-4-6-16/h2-10,19,23H,11-14H2,1H3,(H,21,24). The first-order valence-corrected chi connectivity index (χ1v) is 8.16. The lowest BCUT2D eigenvalue weighted by atomic mass is 10.0. The maximum atomic E-state index is 12.0. The van der Waals surface area contributed by atoms with Gasteiger partial charge in [-0.25, -0.2) is 0 Å². The number of amides is 1. The molecule has 0 saturated heterocycles. The number of ketones is 1. The summed E-state index contributed by atoms with van der Waals surface area (Å²) < 4.78 is 0. The number of aliphatic hydroxyl groups is 1. The van der Waals surface area contributed by atoms with E-state index in [0.717, 1.165) is 11.1 Å². The Morgan fingerprint density at radius 1 is 1.00 bits per heavy atom. The molecule has 2 rings (SSSR count). The van der Waals surface area contributed by atoms with Crippen molar-refractivity contribution in [3.8, 4) is 0 Å². The van der Waals surface area contributed by atoms with Crippen LogP contribution in [0.15, 0.2) is 54.6 Å². The molecule has 0 fully saturated rings. The Balaban J connectivity index is 1.68. The fraction of sp³-hybridized carbons (Fsp3) is 0.300. The summed E-state index contributed by atoms with van der Waals surface area (Å²) in [7, 11) is 0. The van der Waals surface area contributed by atoms with Crippen LogP contribution in [0.5, 0.6) is 0 Å². The highest BCUT2D eigenvalue weighted by Gasteiger charge is 2.10. The number of hydrogen-bond donors (Lipinski definition) is 2. The molecule has 0 aliphatic rings. The molecule has 1 unspecified atom stereocenters. The average Bonchev–Trinajstić information content (AvgIpc) is 2.61. The molecule has 0 radical (unpaired) electrons. The zero-order valence-corrected chi connectivity index (χ0v) is 13.9. The molecule has 24 heavy (non-hydrogen) atoms. The normalized spacial score (nSPS) is 11.8. The van der Waals surface area contributed by atoms with Crippen molar-refractivity contribution in [3.63, 3.8) is 0 Å². The van der Waals surface area contributed by atoms with Gasteiger partial charge in [-0.1, -0.05) is 60.2 Å². The predicted molar refractivity (Wildman–Crippen MR) is 93.8 cm³/mol. The van der Waals surface area contributed by atoms with Crippen LogP contribution in [0.2, 0.25) is 0 Å². The summed E-state index contributed by atoms with van der Waals surface area (Å²) in [6, 6.07) is 16.7. The Morgan fingerprint density at radius 3 is 2.33 bits per heavy atom. The van der Waals surface area contributed by atoms with Crippen LogP contribution in [0, 0.1) is 6.92 Å². The highest BCUT2D eigenvalue weighted by Crippen LogP contribution is 2.15. The number of Topliss-reactive ketones (excluding diaryl/α,β-unsaturated/α-hetero) is 1. The molecule has 0 spiro atoms. The van der Waals surface area contributed by atoms with Crippen LogP contribution in [0.1, 0.15) is 46.9 Å². The smallest absolute Gasteiger partial charge is 0.220 e. The number of aryl methyl sites for hydroxylation is 1. The van der Waals surface area contributed by atoms with E-state index in [2.05, 4.69) is 5.32 Å². The molecule has 2 N–H and O–H groups in total. The Morgan fingerprint density at radius 2 is 1.67 bits per heavy atom. The quantitative estimate of drug-likeness (QED) is 0.733. The molecule has 0 heterocycles. The van der Waals surface area contributed by atoms with Crippen molar-refractivity contribution in [1.82, 2.24) is 5.32 Å². The topological polar surface area (TPSA) is 66.4 Å². The molecule has 0 saturated carbocycles. The van der Waals surface area contributed by atoms with Gasteiger partial charge < -0.3 is 10.4 Å². The van der Waals surface area contributed by atoms with E-state index in [1.807, 2.05) is 49.4 Å². The van der Waals surface area contributed by atoms with Crippen molar-refractivity contribution in [2.24, 2.45) is 0 Å². The minimum atomic E-state index is -0.597. The first-order valence-electron chi connectivity index (χ1n) is 8.16. The van der Waals surface area contributed by atoms with Crippen LogP contribution in [0.4, 0.5) is 0 Å². The van der Waals surface area contributed by atoms with E-state index >= 15 is 0 Å². The molecule has 2 aromatic rings. The molecular formula is C20H23NO3. The predicted octanol–water partition coefficient (Wildman–Crippen LogP) is 3.20. The maximum Gasteiger partial charge on any atom is 0.220 e. The lowest BCUT2D eigenvalue weighted by Gasteiger charge is -2.11. The fourth-order valence-electron chi connectivity index (χ4n) is 2.39. The second-order valence-electron chi connectivity index (χ2n) is 5.85. The summed E-state index contributed by atoms with van der Waals surface area (Å²) in [4.78, 5) is 23.8. The number of rotatable bonds is 8. The number of carbonyl (C=O) groups excluding carboxylic acids is 2. The molecule has 0 aliphatic carbocycles. The minimum Gasteiger partial charge on any atom is -0.388 e. The van der Waals surface area contributed by atoms with Gasteiger partial charge in [0, 0.05) is 24.9 Å². The summed E-state index contributed by atoms with van der Waals surface area (Å²) in [5, 5.41) is 12.8. The van der Waals surface area contributed by atoms with Crippen molar-refractivity contribution in [1.29, 1.82) is 0 Å². The van der Waals surface area contributed by atoms with Gasteiger partial charge in [-0.15, -0.1) is 0 Å². The van der Waals surface area contributed by atoms with Crippen LogP contribution in [-0.4, -0.2) is 23.3 Å². The van der Waals surface area contributed by atoms with Crippen molar-refractivity contribution >= 4 is 11.7 Å². The molecule has 0 bridgehead atoms. The van der Waals surface area contributed by atoms with E-state index in [4.69, 9.17) is 0 Å². The van der Waals surface area contributed by atoms with Crippen molar-refractivity contribution in [2.45, 2.75) is 32.3 Å². The lowest BCUT2D eigenvalue weighted by molar-refractivity contribution is -0.121. The maximum absolute atomic E-state index is 12.0.